The van der Waals surface area contributed by atoms with E-state index in [0.29, 0.717) is 23.9 Å². The summed E-state index contributed by atoms with van der Waals surface area (Å²) < 4.78 is 11.2. The van der Waals surface area contributed by atoms with Gasteiger partial charge >= 0.3 is 0 Å². The van der Waals surface area contributed by atoms with E-state index < -0.39 is 0 Å². The normalized spacial score (nSPS) is 16.0. The summed E-state index contributed by atoms with van der Waals surface area (Å²) in [6.45, 7) is 5.45. The smallest absolute Gasteiger partial charge is 0.273 e. The standard InChI is InChI=1S/C21H23N3O3S/c1-15-19(23-21(27-15)16-6-3-2-4-7-16)20(25)22-14-17(18-8-5-13-28-18)24-9-11-26-12-10-24/h2-8,13,17H,9-12,14H2,1H3,(H,22,25)/t17-/m1/s1. The van der Waals surface area contributed by atoms with Crippen molar-refractivity contribution in [1.29, 1.82) is 0 Å². The highest BCUT2D eigenvalue weighted by Gasteiger charge is 2.25. The molecule has 1 aromatic carbocycles. The third-order valence-corrected chi connectivity index (χ3v) is 5.82. The molecular weight excluding hydrogens is 374 g/mol. The minimum atomic E-state index is -0.210. The lowest BCUT2D eigenvalue weighted by molar-refractivity contribution is 0.0169. The van der Waals surface area contributed by atoms with Gasteiger partial charge in [-0.25, -0.2) is 4.98 Å². The first-order chi connectivity index (χ1) is 13.7. The summed E-state index contributed by atoms with van der Waals surface area (Å²) in [7, 11) is 0. The van der Waals surface area contributed by atoms with Crippen LogP contribution in [0.2, 0.25) is 0 Å². The topological polar surface area (TPSA) is 67.6 Å². The van der Waals surface area contributed by atoms with E-state index in [0.717, 1.165) is 31.9 Å². The second-order valence-corrected chi connectivity index (χ2v) is 7.66. The third-order valence-electron chi connectivity index (χ3n) is 4.85. The average molecular weight is 398 g/mol. The van der Waals surface area contributed by atoms with Gasteiger partial charge in [0.1, 0.15) is 5.76 Å². The van der Waals surface area contributed by atoms with Crippen LogP contribution in [0, 0.1) is 6.92 Å². The number of aromatic nitrogens is 1. The van der Waals surface area contributed by atoms with E-state index in [9.17, 15) is 4.79 Å². The fourth-order valence-electron chi connectivity index (χ4n) is 3.36. The van der Waals surface area contributed by atoms with Crippen molar-refractivity contribution in [1.82, 2.24) is 15.2 Å². The molecule has 4 rings (SSSR count). The van der Waals surface area contributed by atoms with Gasteiger partial charge in [-0.15, -0.1) is 11.3 Å². The molecule has 0 saturated carbocycles. The molecule has 6 nitrogen and oxygen atoms in total. The third kappa shape index (κ3) is 4.16. The molecule has 1 saturated heterocycles. The lowest BCUT2D eigenvalue weighted by atomic mass is 10.2. The van der Waals surface area contributed by atoms with Gasteiger partial charge < -0.3 is 14.5 Å². The van der Waals surface area contributed by atoms with Crippen LogP contribution in [0.25, 0.3) is 11.5 Å². The summed E-state index contributed by atoms with van der Waals surface area (Å²) in [5, 5.41) is 5.12. The maximum absolute atomic E-state index is 12.8. The number of nitrogens with one attached hydrogen (secondary N) is 1. The second kappa shape index (κ2) is 8.68. The van der Waals surface area contributed by atoms with Gasteiger partial charge in [-0.1, -0.05) is 24.3 Å². The number of morpholine rings is 1. The summed E-state index contributed by atoms with van der Waals surface area (Å²) in [4.78, 5) is 20.8. The van der Waals surface area contributed by atoms with Crippen LogP contribution >= 0.6 is 11.3 Å². The molecule has 0 aliphatic carbocycles. The van der Waals surface area contributed by atoms with Crippen LogP contribution in [0.15, 0.2) is 52.3 Å². The molecule has 3 aromatic rings. The van der Waals surface area contributed by atoms with Crippen LogP contribution in [0.5, 0.6) is 0 Å². The summed E-state index contributed by atoms with van der Waals surface area (Å²) in [5.41, 5.74) is 1.19. The van der Waals surface area contributed by atoms with E-state index in [1.807, 2.05) is 36.4 Å². The summed E-state index contributed by atoms with van der Waals surface area (Å²) in [6, 6.07) is 13.9. The molecule has 28 heavy (non-hydrogen) atoms. The van der Waals surface area contributed by atoms with E-state index in [1.54, 1.807) is 18.3 Å². The van der Waals surface area contributed by atoms with Gasteiger partial charge in [-0.3, -0.25) is 9.69 Å². The predicted octanol–water partition coefficient (Wildman–Crippen LogP) is 3.51. The van der Waals surface area contributed by atoms with Crippen molar-refractivity contribution in [3.63, 3.8) is 0 Å². The van der Waals surface area contributed by atoms with E-state index >= 15 is 0 Å². The van der Waals surface area contributed by atoms with Crippen LogP contribution in [0.3, 0.4) is 0 Å². The SMILES string of the molecule is Cc1oc(-c2ccccc2)nc1C(=O)NC[C@H](c1cccs1)N1CCOCC1. The summed E-state index contributed by atoms with van der Waals surface area (Å²) in [5.74, 6) is 0.778. The summed E-state index contributed by atoms with van der Waals surface area (Å²) in [6.07, 6.45) is 0. The Hall–Kier alpha value is -2.48. The van der Waals surface area contributed by atoms with Crippen molar-refractivity contribution < 1.29 is 13.9 Å². The second-order valence-electron chi connectivity index (χ2n) is 6.68. The van der Waals surface area contributed by atoms with E-state index in [4.69, 9.17) is 9.15 Å². The zero-order valence-electron chi connectivity index (χ0n) is 15.8. The molecule has 1 atom stereocenters. The van der Waals surface area contributed by atoms with Crippen LogP contribution in [-0.2, 0) is 4.74 Å². The minimum Gasteiger partial charge on any atom is -0.441 e. The zero-order chi connectivity index (χ0) is 19.3. The number of carbonyl (C=O) groups excluding carboxylic acids is 1. The minimum absolute atomic E-state index is 0.133. The molecule has 7 heteroatoms. The Bertz CT molecular complexity index is 902. The number of hydrogen-bond acceptors (Lipinski definition) is 6. The van der Waals surface area contributed by atoms with Crippen LogP contribution in [0.1, 0.15) is 27.2 Å². The Morgan fingerprint density at radius 1 is 1.21 bits per heavy atom. The zero-order valence-corrected chi connectivity index (χ0v) is 16.6. The van der Waals surface area contributed by atoms with Crippen molar-refractivity contribution in [3.05, 3.63) is 64.2 Å². The fraction of sp³-hybridized carbons (Fsp3) is 0.333. The molecule has 0 radical (unpaired) electrons. The quantitative estimate of drug-likeness (QED) is 0.689. The molecule has 1 aliphatic heterocycles. The number of amides is 1. The highest BCUT2D eigenvalue weighted by Crippen LogP contribution is 2.26. The van der Waals surface area contributed by atoms with E-state index in [2.05, 4.69) is 26.6 Å². The number of ether oxygens (including phenoxy) is 1. The molecule has 1 fully saturated rings. The lowest BCUT2D eigenvalue weighted by Crippen LogP contribution is -2.43. The number of thiophene rings is 1. The van der Waals surface area contributed by atoms with Gasteiger partial charge in [-0.05, 0) is 30.5 Å². The molecule has 1 aliphatic rings. The first-order valence-electron chi connectivity index (χ1n) is 9.38. The molecule has 0 unspecified atom stereocenters. The highest BCUT2D eigenvalue weighted by molar-refractivity contribution is 7.10. The molecule has 146 valence electrons. The van der Waals surface area contributed by atoms with Crippen molar-refractivity contribution >= 4 is 17.2 Å². The van der Waals surface area contributed by atoms with Crippen LogP contribution in [-0.4, -0.2) is 48.6 Å². The molecule has 0 spiro atoms. The Labute approximate surface area is 168 Å². The van der Waals surface area contributed by atoms with Gasteiger partial charge in [0.25, 0.3) is 5.91 Å². The number of oxazole rings is 1. The number of rotatable bonds is 6. The Balaban J connectivity index is 1.47. The van der Waals surface area contributed by atoms with Gasteiger partial charge in [0.2, 0.25) is 5.89 Å². The highest BCUT2D eigenvalue weighted by atomic mass is 32.1. The van der Waals surface area contributed by atoms with Crippen LogP contribution in [0.4, 0.5) is 0 Å². The molecule has 0 bridgehead atoms. The predicted molar refractivity (Wildman–Crippen MR) is 108 cm³/mol. The molecule has 1 amide bonds. The number of benzene rings is 1. The van der Waals surface area contributed by atoms with Gasteiger partial charge in [-0.2, -0.15) is 0 Å². The Kier molecular flexibility index (Phi) is 5.85. The van der Waals surface area contributed by atoms with Crippen LogP contribution < -0.4 is 5.32 Å². The number of nitrogens with zero attached hydrogens (tertiary/aromatic N) is 2. The van der Waals surface area contributed by atoms with E-state index in [-0.39, 0.29) is 11.9 Å². The number of carbonyl (C=O) groups is 1. The maximum atomic E-state index is 12.8. The largest absolute Gasteiger partial charge is 0.441 e. The molecule has 2 aromatic heterocycles. The monoisotopic (exact) mass is 397 g/mol. The lowest BCUT2D eigenvalue weighted by Gasteiger charge is -2.34. The van der Waals surface area contributed by atoms with Gasteiger partial charge in [0, 0.05) is 30.1 Å². The molecule has 1 N–H and O–H groups in total. The Morgan fingerprint density at radius 2 is 2.00 bits per heavy atom. The first-order valence-corrected chi connectivity index (χ1v) is 10.3. The van der Waals surface area contributed by atoms with Crippen molar-refractivity contribution in [3.8, 4) is 11.5 Å². The number of aryl methyl sites for hydroxylation is 1. The number of hydrogen-bond donors (Lipinski definition) is 1. The summed E-state index contributed by atoms with van der Waals surface area (Å²) >= 11 is 1.71. The van der Waals surface area contributed by atoms with Crippen molar-refractivity contribution in [2.45, 2.75) is 13.0 Å². The molecular formula is C21H23N3O3S. The fourth-order valence-corrected chi connectivity index (χ4v) is 4.22. The maximum Gasteiger partial charge on any atom is 0.273 e. The Morgan fingerprint density at radius 3 is 2.71 bits per heavy atom. The van der Waals surface area contributed by atoms with Crippen molar-refractivity contribution in [2.75, 3.05) is 32.8 Å². The van der Waals surface area contributed by atoms with Crippen molar-refractivity contribution in [2.24, 2.45) is 0 Å². The first kappa shape index (κ1) is 18.9. The van der Waals surface area contributed by atoms with E-state index in [1.165, 1.54) is 4.88 Å². The van der Waals surface area contributed by atoms with Gasteiger partial charge in [0.15, 0.2) is 5.69 Å². The van der Waals surface area contributed by atoms with Gasteiger partial charge in [0.05, 0.1) is 19.3 Å². The average Bonchev–Trinajstić information content (AvgIpc) is 3.40. The molecule has 3 heterocycles.